The first-order chi connectivity index (χ1) is 11.5. The summed E-state index contributed by atoms with van der Waals surface area (Å²) in [5, 5.41) is 11.6. The number of benzene rings is 3. The Labute approximate surface area is 140 Å². The molecule has 0 aromatic heterocycles. The monoisotopic (exact) mass is 318 g/mol. The van der Waals surface area contributed by atoms with Crippen molar-refractivity contribution in [2.45, 2.75) is 18.8 Å². The quantitative estimate of drug-likeness (QED) is 0.777. The molecule has 0 amide bonds. The zero-order valence-electron chi connectivity index (χ0n) is 13.5. The molecule has 0 bridgehead atoms. The minimum absolute atomic E-state index is 0.144. The van der Waals surface area contributed by atoms with E-state index >= 15 is 0 Å². The van der Waals surface area contributed by atoms with E-state index in [1.54, 1.807) is 12.1 Å². The summed E-state index contributed by atoms with van der Waals surface area (Å²) in [5.74, 6) is -0.234. The summed E-state index contributed by atoms with van der Waals surface area (Å²) in [6.07, 6.45) is 0.858. The molecule has 0 radical (unpaired) electrons. The molecule has 1 atom stereocenters. The lowest BCUT2D eigenvalue weighted by Crippen LogP contribution is -2.26. The van der Waals surface area contributed by atoms with Gasteiger partial charge in [-0.05, 0) is 34.9 Å². The third-order valence-electron chi connectivity index (χ3n) is 4.83. The third kappa shape index (κ3) is 2.42. The predicted octanol–water partition coefficient (Wildman–Crippen LogP) is 4.43. The average Bonchev–Trinajstić information content (AvgIpc) is 2.91. The van der Waals surface area contributed by atoms with Gasteiger partial charge in [-0.2, -0.15) is 0 Å². The summed E-state index contributed by atoms with van der Waals surface area (Å²) in [6, 6.07) is 20.1. The van der Waals surface area contributed by atoms with Crippen LogP contribution in [0.1, 0.15) is 28.4 Å². The topological polar surface area (TPSA) is 46.5 Å². The van der Waals surface area contributed by atoms with Gasteiger partial charge in [0.05, 0.1) is 12.2 Å². The molecule has 24 heavy (non-hydrogen) atoms. The summed E-state index contributed by atoms with van der Waals surface area (Å²) >= 11 is 0. The highest BCUT2D eigenvalue weighted by Crippen LogP contribution is 2.41. The lowest BCUT2D eigenvalue weighted by atomic mass is 9.78. The number of fused-ring (bicyclic) bond motifs is 2. The SMILES string of the molecule is CC1(Cc2ccc3ccccc3c2)COc2cc(C(=O)O)ccc21. The zero-order valence-corrected chi connectivity index (χ0v) is 13.5. The lowest BCUT2D eigenvalue weighted by Gasteiger charge is -2.23. The van der Waals surface area contributed by atoms with Gasteiger partial charge in [0, 0.05) is 11.0 Å². The Morgan fingerprint density at radius 3 is 2.67 bits per heavy atom. The van der Waals surface area contributed by atoms with Crippen LogP contribution in [0.4, 0.5) is 0 Å². The highest BCUT2D eigenvalue weighted by molar-refractivity contribution is 5.88. The van der Waals surface area contributed by atoms with Crippen LogP contribution in [0.3, 0.4) is 0 Å². The number of carbonyl (C=O) groups is 1. The van der Waals surface area contributed by atoms with Crippen LogP contribution in [0.5, 0.6) is 5.75 Å². The summed E-state index contributed by atoms with van der Waals surface area (Å²) in [6.45, 7) is 2.74. The standard InChI is InChI=1S/C21H18O3/c1-21(12-14-6-7-15-4-2-3-5-16(15)10-14)13-24-19-11-17(20(22)23)8-9-18(19)21/h2-11H,12-13H2,1H3,(H,22,23). The molecule has 0 saturated heterocycles. The Morgan fingerprint density at radius 1 is 1.08 bits per heavy atom. The Kier molecular flexibility index (Phi) is 3.31. The fraction of sp³-hybridized carbons (Fsp3) is 0.190. The van der Waals surface area contributed by atoms with E-state index in [0.29, 0.717) is 12.4 Å². The van der Waals surface area contributed by atoms with Gasteiger partial charge in [-0.15, -0.1) is 0 Å². The maximum absolute atomic E-state index is 11.1. The van der Waals surface area contributed by atoms with Gasteiger partial charge in [0.2, 0.25) is 0 Å². The third-order valence-corrected chi connectivity index (χ3v) is 4.83. The first-order valence-electron chi connectivity index (χ1n) is 8.03. The second-order valence-electron chi connectivity index (χ2n) is 6.72. The van der Waals surface area contributed by atoms with Crippen molar-refractivity contribution in [3.05, 3.63) is 77.4 Å². The number of carboxylic acids is 1. The van der Waals surface area contributed by atoms with Crippen molar-refractivity contribution in [2.75, 3.05) is 6.61 Å². The summed E-state index contributed by atoms with van der Waals surface area (Å²) in [5.41, 5.74) is 2.47. The molecule has 1 aliphatic heterocycles. The minimum atomic E-state index is -0.926. The molecule has 3 aromatic rings. The van der Waals surface area contributed by atoms with E-state index in [-0.39, 0.29) is 11.0 Å². The number of hydrogen-bond donors (Lipinski definition) is 1. The van der Waals surface area contributed by atoms with Crippen molar-refractivity contribution in [1.82, 2.24) is 0 Å². The van der Waals surface area contributed by atoms with E-state index in [1.165, 1.54) is 16.3 Å². The fourth-order valence-corrected chi connectivity index (χ4v) is 3.53. The minimum Gasteiger partial charge on any atom is -0.492 e. The van der Waals surface area contributed by atoms with Crippen molar-refractivity contribution in [1.29, 1.82) is 0 Å². The molecule has 3 heteroatoms. The molecule has 1 N–H and O–H groups in total. The Hall–Kier alpha value is -2.81. The highest BCUT2D eigenvalue weighted by Gasteiger charge is 2.36. The maximum Gasteiger partial charge on any atom is 0.335 e. The van der Waals surface area contributed by atoms with Crippen LogP contribution < -0.4 is 4.74 Å². The van der Waals surface area contributed by atoms with Gasteiger partial charge in [-0.1, -0.05) is 55.5 Å². The van der Waals surface area contributed by atoms with Crippen LogP contribution in [-0.4, -0.2) is 17.7 Å². The predicted molar refractivity (Wildman–Crippen MR) is 93.9 cm³/mol. The second kappa shape index (κ2) is 5.38. The molecule has 4 rings (SSSR count). The van der Waals surface area contributed by atoms with E-state index in [0.717, 1.165) is 12.0 Å². The van der Waals surface area contributed by atoms with Gasteiger partial charge in [0.15, 0.2) is 0 Å². The summed E-state index contributed by atoms with van der Waals surface area (Å²) in [4.78, 5) is 11.1. The number of rotatable bonds is 3. The van der Waals surface area contributed by atoms with Crippen molar-refractivity contribution >= 4 is 16.7 Å². The Bertz CT molecular complexity index is 945. The molecular formula is C21H18O3. The van der Waals surface area contributed by atoms with Gasteiger partial charge in [0.1, 0.15) is 5.75 Å². The van der Waals surface area contributed by atoms with Crippen LogP contribution >= 0.6 is 0 Å². The Morgan fingerprint density at radius 2 is 1.88 bits per heavy atom. The normalized spacial score (nSPS) is 19.0. The van der Waals surface area contributed by atoms with Gasteiger partial charge in [-0.3, -0.25) is 0 Å². The summed E-state index contributed by atoms with van der Waals surface area (Å²) in [7, 11) is 0. The Balaban J connectivity index is 1.68. The average molecular weight is 318 g/mol. The van der Waals surface area contributed by atoms with Crippen molar-refractivity contribution in [3.63, 3.8) is 0 Å². The van der Waals surface area contributed by atoms with Gasteiger partial charge in [-0.25, -0.2) is 4.79 Å². The zero-order chi connectivity index (χ0) is 16.7. The molecule has 1 heterocycles. The fourth-order valence-electron chi connectivity index (χ4n) is 3.53. The smallest absolute Gasteiger partial charge is 0.335 e. The second-order valence-corrected chi connectivity index (χ2v) is 6.72. The number of hydrogen-bond acceptors (Lipinski definition) is 2. The maximum atomic E-state index is 11.1. The molecule has 0 spiro atoms. The van der Waals surface area contributed by atoms with Gasteiger partial charge >= 0.3 is 5.97 Å². The molecule has 1 aliphatic rings. The highest BCUT2D eigenvalue weighted by atomic mass is 16.5. The van der Waals surface area contributed by atoms with Crippen molar-refractivity contribution in [2.24, 2.45) is 0 Å². The molecule has 0 saturated carbocycles. The number of ether oxygens (including phenoxy) is 1. The van der Waals surface area contributed by atoms with Crippen LogP contribution in [-0.2, 0) is 11.8 Å². The first kappa shape index (κ1) is 14.8. The molecule has 1 unspecified atom stereocenters. The lowest BCUT2D eigenvalue weighted by molar-refractivity contribution is 0.0696. The largest absolute Gasteiger partial charge is 0.492 e. The molecule has 3 aromatic carbocycles. The van der Waals surface area contributed by atoms with E-state index in [1.807, 2.05) is 12.1 Å². The van der Waals surface area contributed by atoms with Crippen molar-refractivity contribution < 1.29 is 14.6 Å². The number of carboxylic acid groups (broad SMARTS) is 1. The van der Waals surface area contributed by atoms with E-state index in [4.69, 9.17) is 9.84 Å². The van der Waals surface area contributed by atoms with Gasteiger partial charge < -0.3 is 9.84 Å². The van der Waals surface area contributed by atoms with E-state index in [9.17, 15) is 4.79 Å². The van der Waals surface area contributed by atoms with Crippen LogP contribution in [0.15, 0.2) is 60.7 Å². The van der Waals surface area contributed by atoms with Crippen LogP contribution in [0.25, 0.3) is 10.8 Å². The molecular weight excluding hydrogens is 300 g/mol. The summed E-state index contributed by atoms with van der Waals surface area (Å²) < 4.78 is 5.80. The van der Waals surface area contributed by atoms with Crippen molar-refractivity contribution in [3.8, 4) is 5.75 Å². The number of aromatic carboxylic acids is 1. The molecule has 3 nitrogen and oxygen atoms in total. The van der Waals surface area contributed by atoms with E-state index < -0.39 is 5.97 Å². The van der Waals surface area contributed by atoms with Crippen LogP contribution in [0, 0.1) is 0 Å². The molecule has 120 valence electrons. The molecule has 0 fully saturated rings. The first-order valence-corrected chi connectivity index (χ1v) is 8.03. The van der Waals surface area contributed by atoms with Gasteiger partial charge in [0.25, 0.3) is 0 Å². The van der Waals surface area contributed by atoms with Crippen LogP contribution in [0.2, 0.25) is 0 Å². The molecule has 0 aliphatic carbocycles. The van der Waals surface area contributed by atoms with E-state index in [2.05, 4.69) is 43.3 Å².